The maximum absolute atomic E-state index is 10.5. The Balaban J connectivity index is 1.96. The molecule has 0 aromatic rings. The molecule has 0 aromatic heterocycles. The average molecular weight is 225 g/mol. The summed E-state index contributed by atoms with van der Waals surface area (Å²) in [4.78, 5) is 2.55. The van der Waals surface area contributed by atoms with E-state index in [1.54, 1.807) is 0 Å². The molecule has 1 saturated carbocycles. The minimum atomic E-state index is -0.122. The van der Waals surface area contributed by atoms with Crippen molar-refractivity contribution in [1.82, 2.24) is 4.90 Å². The maximum atomic E-state index is 10.5. The first-order valence-corrected chi connectivity index (χ1v) is 7.10. The molecule has 2 unspecified atom stereocenters. The second kappa shape index (κ2) is 5.05. The summed E-state index contributed by atoms with van der Waals surface area (Å²) in [6.45, 7) is 6.87. The Morgan fingerprint density at radius 1 is 1.25 bits per heavy atom. The highest BCUT2D eigenvalue weighted by atomic mass is 16.3. The molecule has 0 aromatic carbocycles. The fraction of sp³-hybridized carbons (Fsp3) is 1.00. The quantitative estimate of drug-likeness (QED) is 0.777. The monoisotopic (exact) mass is 225 g/mol. The summed E-state index contributed by atoms with van der Waals surface area (Å²) in [5, 5.41) is 10.5. The van der Waals surface area contributed by atoms with Gasteiger partial charge >= 0.3 is 0 Å². The Labute approximate surface area is 100 Å². The molecule has 0 amide bonds. The minimum absolute atomic E-state index is 0.0308. The molecule has 2 atom stereocenters. The van der Waals surface area contributed by atoms with Gasteiger partial charge in [-0.15, -0.1) is 0 Å². The first-order chi connectivity index (χ1) is 7.66. The van der Waals surface area contributed by atoms with Crippen LogP contribution in [0.5, 0.6) is 0 Å². The van der Waals surface area contributed by atoms with Crippen molar-refractivity contribution in [3.05, 3.63) is 0 Å². The SMILES string of the molecule is CCC(C)(C(O)CC1CC1)N1CCCCC1. The molecule has 1 heterocycles. The second-order valence-corrected chi connectivity index (χ2v) is 5.95. The van der Waals surface area contributed by atoms with Gasteiger partial charge in [-0.05, 0) is 51.6 Å². The number of nitrogens with zero attached hydrogens (tertiary/aromatic N) is 1. The summed E-state index contributed by atoms with van der Waals surface area (Å²) >= 11 is 0. The average Bonchev–Trinajstić information content (AvgIpc) is 3.13. The molecule has 2 heteroatoms. The third-order valence-electron chi connectivity index (χ3n) is 4.77. The summed E-state index contributed by atoms with van der Waals surface area (Å²) in [6, 6.07) is 0. The number of aliphatic hydroxyl groups excluding tert-OH is 1. The third kappa shape index (κ3) is 2.60. The van der Waals surface area contributed by atoms with Crippen LogP contribution >= 0.6 is 0 Å². The van der Waals surface area contributed by atoms with Gasteiger partial charge in [0.2, 0.25) is 0 Å². The van der Waals surface area contributed by atoms with Crippen LogP contribution in [0.1, 0.15) is 58.8 Å². The van der Waals surface area contributed by atoms with E-state index in [1.807, 2.05) is 0 Å². The Bertz CT molecular complexity index is 221. The van der Waals surface area contributed by atoms with Crippen LogP contribution in [0.3, 0.4) is 0 Å². The zero-order valence-corrected chi connectivity index (χ0v) is 10.9. The van der Waals surface area contributed by atoms with E-state index in [0.29, 0.717) is 0 Å². The van der Waals surface area contributed by atoms with E-state index in [1.165, 1.54) is 45.2 Å². The number of rotatable bonds is 5. The minimum Gasteiger partial charge on any atom is -0.391 e. The van der Waals surface area contributed by atoms with E-state index in [-0.39, 0.29) is 11.6 Å². The molecule has 1 aliphatic carbocycles. The highest BCUT2D eigenvalue weighted by Gasteiger charge is 2.40. The van der Waals surface area contributed by atoms with Crippen molar-refractivity contribution in [2.24, 2.45) is 5.92 Å². The van der Waals surface area contributed by atoms with Gasteiger partial charge in [0, 0.05) is 5.54 Å². The lowest BCUT2D eigenvalue weighted by molar-refractivity contribution is -0.0393. The number of hydrogen-bond donors (Lipinski definition) is 1. The lowest BCUT2D eigenvalue weighted by Crippen LogP contribution is -2.56. The van der Waals surface area contributed by atoms with Crippen molar-refractivity contribution in [1.29, 1.82) is 0 Å². The van der Waals surface area contributed by atoms with Crippen LogP contribution < -0.4 is 0 Å². The second-order valence-electron chi connectivity index (χ2n) is 5.95. The number of aliphatic hydroxyl groups is 1. The maximum Gasteiger partial charge on any atom is 0.0723 e. The predicted octanol–water partition coefficient (Wildman–Crippen LogP) is 2.80. The first-order valence-electron chi connectivity index (χ1n) is 7.10. The molecule has 16 heavy (non-hydrogen) atoms. The molecular weight excluding hydrogens is 198 g/mol. The van der Waals surface area contributed by atoms with Gasteiger partial charge in [-0.25, -0.2) is 0 Å². The number of hydrogen-bond acceptors (Lipinski definition) is 2. The van der Waals surface area contributed by atoms with Gasteiger partial charge in [-0.1, -0.05) is 26.2 Å². The standard InChI is InChI=1S/C14H27NO/c1-3-14(2,13(16)11-12-7-8-12)15-9-5-4-6-10-15/h12-13,16H,3-11H2,1-2H3. The fourth-order valence-corrected chi connectivity index (χ4v) is 3.00. The Hall–Kier alpha value is -0.0800. The van der Waals surface area contributed by atoms with E-state index in [4.69, 9.17) is 0 Å². The van der Waals surface area contributed by atoms with E-state index in [0.717, 1.165) is 18.8 Å². The van der Waals surface area contributed by atoms with E-state index in [9.17, 15) is 5.11 Å². The normalized spacial score (nSPS) is 28.7. The fourth-order valence-electron chi connectivity index (χ4n) is 3.00. The topological polar surface area (TPSA) is 23.5 Å². The molecule has 2 nitrogen and oxygen atoms in total. The van der Waals surface area contributed by atoms with Gasteiger partial charge in [0.1, 0.15) is 0 Å². The van der Waals surface area contributed by atoms with Crippen molar-refractivity contribution in [2.75, 3.05) is 13.1 Å². The molecular formula is C14H27NO. The van der Waals surface area contributed by atoms with Gasteiger partial charge < -0.3 is 5.11 Å². The molecule has 0 spiro atoms. The van der Waals surface area contributed by atoms with Gasteiger partial charge in [0.15, 0.2) is 0 Å². The predicted molar refractivity (Wildman–Crippen MR) is 67.5 cm³/mol. The highest BCUT2D eigenvalue weighted by molar-refractivity contribution is 4.95. The summed E-state index contributed by atoms with van der Waals surface area (Å²) in [5.41, 5.74) is 0.0308. The molecule has 94 valence electrons. The van der Waals surface area contributed by atoms with Crippen LogP contribution in [0, 0.1) is 5.92 Å². The largest absolute Gasteiger partial charge is 0.391 e. The summed E-state index contributed by atoms with van der Waals surface area (Å²) in [6.07, 6.45) is 8.66. The number of likely N-dealkylation sites (tertiary alicyclic amines) is 1. The molecule has 1 aliphatic heterocycles. The van der Waals surface area contributed by atoms with E-state index < -0.39 is 0 Å². The summed E-state index contributed by atoms with van der Waals surface area (Å²) < 4.78 is 0. The molecule has 2 rings (SSSR count). The van der Waals surface area contributed by atoms with Gasteiger partial charge in [-0.2, -0.15) is 0 Å². The summed E-state index contributed by atoms with van der Waals surface area (Å²) in [7, 11) is 0. The van der Waals surface area contributed by atoms with Gasteiger partial charge in [0.25, 0.3) is 0 Å². The van der Waals surface area contributed by atoms with Crippen LogP contribution in [-0.2, 0) is 0 Å². The van der Waals surface area contributed by atoms with Gasteiger partial charge in [-0.3, -0.25) is 4.90 Å². The summed E-state index contributed by atoms with van der Waals surface area (Å²) in [5.74, 6) is 0.825. The van der Waals surface area contributed by atoms with Crippen LogP contribution in [-0.4, -0.2) is 34.7 Å². The molecule has 1 N–H and O–H groups in total. The first kappa shape index (κ1) is 12.4. The zero-order valence-electron chi connectivity index (χ0n) is 10.9. The highest BCUT2D eigenvalue weighted by Crippen LogP contribution is 2.38. The molecule has 0 radical (unpaired) electrons. The third-order valence-corrected chi connectivity index (χ3v) is 4.77. The van der Waals surface area contributed by atoms with Gasteiger partial charge in [0.05, 0.1) is 6.10 Å². The molecule has 0 bridgehead atoms. The van der Waals surface area contributed by atoms with Crippen molar-refractivity contribution < 1.29 is 5.11 Å². The molecule has 2 fully saturated rings. The van der Waals surface area contributed by atoms with Crippen molar-refractivity contribution in [3.63, 3.8) is 0 Å². The molecule has 2 aliphatic rings. The molecule has 1 saturated heterocycles. The smallest absolute Gasteiger partial charge is 0.0723 e. The number of piperidine rings is 1. The van der Waals surface area contributed by atoms with E-state index in [2.05, 4.69) is 18.7 Å². The lowest BCUT2D eigenvalue weighted by atomic mass is 9.85. The van der Waals surface area contributed by atoms with Crippen molar-refractivity contribution >= 4 is 0 Å². The van der Waals surface area contributed by atoms with Crippen LogP contribution in [0.15, 0.2) is 0 Å². The van der Waals surface area contributed by atoms with Crippen LogP contribution in [0.4, 0.5) is 0 Å². The van der Waals surface area contributed by atoms with Crippen molar-refractivity contribution in [2.45, 2.75) is 70.4 Å². The Morgan fingerprint density at radius 2 is 1.88 bits per heavy atom. The lowest BCUT2D eigenvalue weighted by Gasteiger charge is -2.46. The van der Waals surface area contributed by atoms with E-state index >= 15 is 0 Å². The van der Waals surface area contributed by atoms with Crippen molar-refractivity contribution in [3.8, 4) is 0 Å². The Morgan fingerprint density at radius 3 is 2.38 bits per heavy atom. The Kier molecular flexibility index (Phi) is 3.91. The van der Waals surface area contributed by atoms with Crippen LogP contribution in [0.2, 0.25) is 0 Å². The zero-order chi connectivity index (χ0) is 11.6. The van der Waals surface area contributed by atoms with Crippen LogP contribution in [0.25, 0.3) is 0 Å².